The van der Waals surface area contributed by atoms with Crippen molar-refractivity contribution in [3.63, 3.8) is 0 Å². The molecular weight excluding hydrogens is 306 g/mol. The highest BCUT2D eigenvalue weighted by molar-refractivity contribution is 9.10. The summed E-state index contributed by atoms with van der Waals surface area (Å²) in [5.74, 6) is 1.38. The van der Waals surface area contributed by atoms with Gasteiger partial charge in [0, 0.05) is 18.2 Å². The van der Waals surface area contributed by atoms with Crippen molar-refractivity contribution in [3.05, 3.63) is 28.2 Å². The first-order chi connectivity index (χ1) is 9.04. The maximum atomic E-state index is 12.6. The van der Waals surface area contributed by atoms with Crippen molar-refractivity contribution in [1.29, 1.82) is 0 Å². The van der Waals surface area contributed by atoms with Gasteiger partial charge in [0.25, 0.3) is 5.91 Å². The molecule has 0 radical (unpaired) electrons. The molecule has 2 rings (SSSR count). The molecule has 1 amide bonds. The summed E-state index contributed by atoms with van der Waals surface area (Å²) in [6, 6.07) is 5.88. The van der Waals surface area contributed by atoms with Crippen molar-refractivity contribution in [2.24, 2.45) is 5.92 Å². The fourth-order valence-electron chi connectivity index (χ4n) is 2.70. The molecule has 0 saturated carbocycles. The molecule has 1 aromatic rings. The molecule has 1 fully saturated rings. The molecule has 1 saturated heterocycles. The Morgan fingerprint density at radius 2 is 2.21 bits per heavy atom. The molecule has 0 spiro atoms. The minimum atomic E-state index is 0.125. The summed E-state index contributed by atoms with van der Waals surface area (Å²) in [6.45, 7) is 5.23. The fourth-order valence-corrected chi connectivity index (χ4v) is 3.24. The van der Waals surface area contributed by atoms with Crippen LogP contribution in [0.2, 0.25) is 0 Å². The van der Waals surface area contributed by atoms with Crippen molar-refractivity contribution in [2.75, 3.05) is 13.7 Å². The lowest BCUT2D eigenvalue weighted by Crippen LogP contribution is -2.38. The second-order valence-corrected chi connectivity index (χ2v) is 6.16. The topological polar surface area (TPSA) is 29.5 Å². The second kappa shape index (κ2) is 5.95. The summed E-state index contributed by atoms with van der Waals surface area (Å²) in [5, 5.41) is 0. The van der Waals surface area contributed by atoms with E-state index in [0.717, 1.165) is 35.2 Å². The first-order valence-electron chi connectivity index (χ1n) is 6.69. The molecule has 19 heavy (non-hydrogen) atoms. The quantitative estimate of drug-likeness (QED) is 0.847. The summed E-state index contributed by atoms with van der Waals surface area (Å²) in [7, 11) is 1.62. The number of carbonyl (C=O) groups is 1. The van der Waals surface area contributed by atoms with Crippen LogP contribution in [0.15, 0.2) is 22.7 Å². The van der Waals surface area contributed by atoms with Gasteiger partial charge in [-0.1, -0.05) is 13.8 Å². The van der Waals surface area contributed by atoms with E-state index >= 15 is 0 Å². The number of benzene rings is 1. The van der Waals surface area contributed by atoms with Gasteiger partial charge in [0.2, 0.25) is 0 Å². The van der Waals surface area contributed by atoms with Crippen LogP contribution in [-0.4, -0.2) is 30.5 Å². The van der Waals surface area contributed by atoms with Crippen molar-refractivity contribution < 1.29 is 9.53 Å². The van der Waals surface area contributed by atoms with Crippen LogP contribution in [0.4, 0.5) is 0 Å². The zero-order valence-electron chi connectivity index (χ0n) is 11.6. The largest absolute Gasteiger partial charge is 0.496 e. The maximum Gasteiger partial charge on any atom is 0.254 e. The number of amides is 1. The minimum Gasteiger partial charge on any atom is -0.496 e. The third kappa shape index (κ3) is 2.94. The lowest BCUT2D eigenvalue weighted by atomic mass is 10.0. The zero-order valence-corrected chi connectivity index (χ0v) is 13.2. The van der Waals surface area contributed by atoms with E-state index in [1.165, 1.54) is 0 Å². The number of methoxy groups -OCH3 is 1. The summed E-state index contributed by atoms with van der Waals surface area (Å²) in [5.41, 5.74) is 0.722. The summed E-state index contributed by atoms with van der Waals surface area (Å²) in [6.07, 6.45) is 2.21. The Labute approximate surface area is 123 Å². The predicted molar refractivity (Wildman–Crippen MR) is 79.6 cm³/mol. The van der Waals surface area contributed by atoms with E-state index in [-0.39, 0.29) is 5.91 Å². The van der Waals surface area contributed by atoms with Crippen LogP contribution < -0.4 is 4.74 Å². The molecule has 0 N–H and O–H groups in total. The Hall–Kier alpha value is -1.03. The molecule has 4 heteroatoms. The van der Waals surface area contributed by atoms with Gasteiger partial charge in [-0.25, -0.2) is 0 Å². The van der Waals surface area contributed by atoms with E-state index < -0.39 is 0 Å². The predicted octanol–water partition coefficient (Wildman–Crippen LogP) is 3.72. The molecule has 0 aromatic heterocycles. The van der Waals surface area contributed by atoms with Gasteiger partial charge in [-0.2, -0.15) is 0 Å². The van der Waals surface area contributed by atoms with Crippen molar-refractivity contribution in [1.82, 2.24) is 4.90 Å². The van der Waals surface area contributed by atoms with Gasteiger partial charge >= 0.3 is 0 Å². The molecular formula is C15H20BrNO2. The van der Waals surface area contributed by atoms with Gasteiger partial charge in [0.1, 0.15) is 5.75 Å². The number of rotatable bonds is 3. The van der Waals surface area contributed by atoms with Crippen LogP contribution in [0.3, 0.4) is 0 Å². The molecule has 1 unspecified atom stereocenters. The van der Waals surface area contributed by atoms with Crippen LogP contribution in [0.5, 0.6) is 5.75 Å². The van der Waals surface area contributed by atoms with Crippen molar-refractivity contribution >= 4 is 21.8 Å². The number of nitrogens with zero attached hydrogens (tertiary/aromatic N) is 1. The third-order valence-electron chi connectivity index (χ3n) is 3.73. The Balaban J connectivity index is 2.22. The van der Waals surface area contributed by atoms with Gasteiger partial charge in [-0.15, -0.1) is 0 Å². The SMILES string of the molecule is COc1ccc(C(=O)N2CCCC2C(C)C)cc1Br. The second-order valence-electron chi connectivity index (χ2n) is 5.30. The number of hydrogen-bond donors (Lipinski definition) is 0. The molecule has 1 aliphatic heterocycles. The molecule has 0 bridgehead atoms. The van der Waals surface area contributed by atoms with E-state index in [0.29, 0.717) is 12.0 Å². The van der Waals surface area contributed by atoms with Gasteiger partial charge < -0.3 is 9.64 Å². The van der Waals surface area contributed by atoms with E-state index in [2.05, 4.69) is 29.8 Å². The van der Waals surface area contributed by atoms with Crippen LogP contribution in [0.1, 0.15) is 37.0 Å². The third-order valence-corrected chi connectivity index (χ3v) is 4.35. The molecule has 1 heterocycles. The van der Waals surface area contributed by atoms with Gasteiger partial charge in [0.15, 0.2) is 0 Å². The van der Waals surface area contributed by atoms with Crippen molar-refractivity contribution in [3.8, 4) is 5.75 Å². The molecule has 1 aromatic carbocycles. The first kappa shape index (κ1) is 14.4. The van der Waals surface area contributed by atoms with Crippen LogP contribution in [0, 0.1) is 5.92 Å². The highest BCUT2D eigenvalue weighted by Gasteiger charge is 2.31. The Bertz CT molecular complexity index is 473. The monoisotopic (exact) mass is 325 g/mol. The van der Waals surface area contributed by atoms with Gasteiger partial charge in [0.05, 0.1) is 11.6 Å². The summed E-state index contributed by atoms with van der Waals surface area (Å²) in [4.78, 5) is 14.6. The average molecular weight is 326 g/mol. The Morgan fingerprint density at radius 3 is 2.79 bits per heavy atom. The fraction of sp³-hybridized carbons (Fsp3) is 0.533. The molecule has 0 aliphatic carbocycles. The number of likely N-dealkylation sites (tertiary alicyclic amines) is 1. The van der Waals surface area contributed by atoms with Crippen molar-refractivity contribution in [2.45, 2.75) is 32.7 Å². The molecule has 1 atom stereocenters. The Kier molecular flexibility index (Phi) is 4.50. The number of carbonyl (C=O) groups excluding carboxylic acids is 1. The number of ether oxygens (including phenoxy) is 1. The Morgan fingerprint density at radius 1 is 1.47 bits per heavy atom. The smallest absolute Gasteiger partial charge is 0.254 e. The lowest BCUT2D eigenvalue weighted by molar-refractivity contribution is 0.0701. The summed E-state index contributed by atoms with van der Waals surface area (Å²) < 4.78 is 6.01. The van der Waals surface area contributed by atoms with Crippen LogP contribution >= 0.6 is 15.9 Å². The number of halogens is 1. The standard InChI is InChI=1S/C15H20BrNO2/c1-10(2)13-5-4-8-17(13)15(18)11-6-7-14(19-3)12(16)9-11/h6-7,9-10,13H,4-5,8H2,1-3H3. The van der Waals surface area contributed by atoms with E-state index in [1.54, 1.807) is 7.11 Å². The maximum absolute atomic E-state index is 12.6. The van der Waals surface area contributed by atoms with Gasteiger partial charge in [-0.05, 0) is 52.9 Å². The van der Waals surface area contributed by atoms with Crippen LogP contribution in [-0.2, 0) is 0 Å². The lowest BCUT2D eigenvalue weighted by Gasteiger charge is -2.27. The zero-order chi connectivity index (χ0) is 14.0. The minimum absolute atomic E-state index is 0.125. The average Bonchev–Trinajstić information content (AvgIpc) is 2.87. The first-order valence-corrected chi connectivity index (χ1v) is 7.48. The molecule has 3 nitrogen and oxygen atoms in total. The normalized spacial score (nSPS) is 19.0. The number of hydrogen-bond acceptors (Lipinski definition) is 2. The van der Waals surface area contributed by atoms with E-state index in [9.17, 15) is 4.79 Å². The highest BCUT2D eigenvalue weighted by Crippen LogP contribution is 2.29. The molecule has 104 valence electrons. The van der Waals surface area contributed by atoms with E-state index in [1.807, 2.05) is 23.1 Å². The highest BCUT2D eigenvalue weighted by atomic mass is 79.9. The van der Waals surface area contributed by atoms with E-state index in [4.69, 9.17) is 4.74 Å². The van der Waals surface area contributed by atoms with Crippen LogP contribution in [0.25, 0.3) is 0 Å². The van der Waals surface area contributed by atoms with Gasteiger partial charge in [-0.3, -0.25) is 4.79 Å². The summed E-state index contributed by atoms with van der Waals surface area (Å²) >= 11 is 3.43. The molecule has 1 aliphatic rings.